The zero-order chi connectivity index (χ0) is 17.3. The number of hydrogen-bond acceptors (Lipinski definition) is 3. The zero-order valence-corrected chi connectivity index (χ0v) is 15.1. The van der Waals surface area contributed by atoms with Gasteiger partial charge in [0, 0.05) is 23.6 Å². The van der Waals surface area contributed by atoms with E-state index in [0.29, 0.717) is 18.0 Å². The Morgan fingerprint density at radius 3 is 2.71 bits per heavy atom. The fourth-order valence-corrected chi connectivity index (χ4v) is 3.98. The topological polar surface area (TPSA) is 68.9 Å². The molecule has 1 heterocycles. The second-order valence-corrected chi connectivity index (χ2v) is 7.69. The lowest BCUT2D eigenvalue weighted by molar-refractivity contribution is -0.182. The van der Waals surface area contributed by atoms with Gasteiger partial charge >= 0.3 is 0 Å². The maximum absolute atomic E-state index is 6.14. The van der Waals surface area contributed by atoms with Gasteiger partial charge in [0.1, 0.15) is 5.75 Å². The van der Waals surface area contributed by atoms with Gasteiger partial charge in [0.25, 0.3) is 0 Å². The van der Waals surface area contributed by atoms with Crippen molar-refractivity contribution in [3.63, 3.8) is 0 Å². The molecular weight excluding hydrogens is 302 g/mol. The predicted molar refractivity (Wildman–Crippen MR) is 97.5 cm³/mol. The van der Waals surface area contributed by atoms with Crippen LogP contribution in [-0.2, 0) is 4.74 Å². The molecule has 1 aromatic carbocycles. The molecule has 3 N–H and O–H groups in total. The second-order valence-electron chi connectivity index (χ2n) is 7.69. The van der Waals surface area contributed by atoms with Crippen molar-refractivity contribution in [2.75, 3.05) is 11.9 Å². The Bertz CT molecular complexity index is 595. The molecule has 5 nitrogen and oxygen atoms in total. The number of ether oxygens (including phenoxy) is 2. The van der Waals surface area contributed by atoms with Gasteiger partial charge in [0.15, 0.2) is 5.96 Å². The van der Waals surface area contributed by atoms with Gasteiger partial charge in [-0.05, 0) is 51.0 Å². The molecule has 132 valence electrons. The average Bonchev–Trinajstić information content (AvgIpc) is 2.54. The first-order chi connectivity index (χ1) is 11.4. The monoisotopic (exact) mass is 331 g/mol. The number of fused-ring (bicyclic) bond motifs is 1. The van der Waals surface area contributed by atoms with Gasteiger partial charge in [-0.25, -0.2) is 4.99 Å². The molecule has 0 radical (unpaired) electrons. The zero-order valence-electron chi connectivity index (χ0n) is 15.1. The van der Waals surface area contributed by atoms with E-state index in [-0.39, 0.29) is 17.6 Å². The molecule has 0 amide bonds. The summed E-state index contributed by atoms with van der Waals surface area (Å²) >= 11 is 0. The maximum atomic E-state index is 6.14. The Balaban J connectivity index is 1.64. The summed E-state index contributed by atoms with van der Waals surface area (Å²) < 4.78 is 11.6. The van der Waals surface area contributed by atoms with Crippen molar-refractivity contribution < 1.29 is 9.47 Å². The lowest BCUT2D eigenvalue weighted by Crippen LogP contribution is -2.64. The molecule has 1 saturated carbocycles. The molecule has 3 atom stereocenters. The molecular formula is C19H29N3O2. The summed E-state index contributed by atoms with van der Waals surface area (Å²) in [6.45, 7) is 9.34. The average molecular weight is 331 g/mol. The third-order valence-electron chi connectivity index (χ3n) is 5.05. The third-order valence-corrected chi connectivity index (χ3v) is 5.05. The summed E-state index contributed by atoms with van der Waals surface area (Å²) in [6, 6.07) is 8.01. The lowest BCUT2D eigenvalue weighted by Gasteiger charge is -2.58. The van der Waals surface area contributed by atoms with Crippen molar-refractivity contribution in [1.82, 2.24) is 0 Å². The first-order valence-corrected chi connectivity index (χ1v) is 8.86. The molecule has 5 heteroatoms. The minimum Gasteiger partial charge on any atom is -0.491 e. The Morgan fingerprint density at radius 2 is 2.04 bits per heavy atom. The van der Waals surface area contributed by atoms with E-state index >= 15 is 0 Å². The molecule has 3 rings (SSSR count). The number of anilines is 1. The van der Waals surface area contributed by atoms with E-state index < -0.39 is 0 Å². The molecule has 0 bridgehead atoms. The van der Waals surface area contributed by atoms with Gasteiger partial charge in [-0.2, -0.15) is 0 Å². The quantitative estimate of drug-likeness (QED) is 0.655. The number of nitrogens with two attached hydrogens (primary N) is 1. The fourth-order valence-electron chi connectivity index (χ4n) is 3.98. The van der Waals surface area contributed by atoms with Gasteiger partial charge in [0.05, 0.1) is 18.2 Å². The van der Waals surface area contributed by atoms with Gasteiger partial charge in [-0.3, -0.25) is 0 Å². The van der Waals surface area contributed by atoms with Gasteiger partial charge in [-0.1, -0.05) is 13.8 Å². The SMILES string of the molecule is CC(C)Oc1ccc(NC(N)=NC2C3CCCOC3C2(C)C)cc1. The van der Waals surface area contributed by atoms with Crippen molar-refractivity contribution in [2.24, 2.45) is 22.1 Å². The largest absolute Gasteiger partial charge is 0.491 e. The number of aliphatic imine (C=N–C) groups is 1. The summed E-state index contributed by atoms with van der Waals surface area (Å²) in [6.07, 6.45) is 2.78. The smallest absolute Gasteiger partial charge is 0.193 e. The number of guanidine groups is 1. The third kappa shape index (κ3) is 3.36. The van der Waals surface area contributed by atoms with Gasteiger partial charge in [0.2, 0.25) is 0 Å². The van der Waals surface area contributed by atoms with Crippen molar-refractivity contribution in [2.45, 2.75) is 58.8 Å². The molecule has 0 aromatic heterocycles. The van der Waals surface area contributed by atoms with E-state index in [2.05, 4.69) is 19.2 Å². The Morgan fingerprint density at radius 1 is 1.33 bits per heavy atom. The standard InChI is InChI=1S/C19H29N3O2/c1-12(2)24-14-9-7-13(8-10-14)21-18(20)22-16-15-6-5-11-23-17(15)19(16,3)4/h7-10,12,15-17H,5-6,11H2,1-4H3,(H3,20,21,22). The van der Waals surface area contributed by atoms with E-state index in [0.717, 1.165) is 24.5 Å². The van der Waals surface area contributed by atoms with Gasteiger partial charge < -0.3 is 20.5 Å². The molecule has 1 aliphatic carbocycles. The van der Waals surface area contributed by atoms with Crippen LogP contribution in [0.5, 0.6) is 5.75 Å². The van der Waals surface area contributed by atoms with E-state index in [1.54, 1.807) is 0 Å². The molecule has 2 fully saturated rings. The number of nitrogens with one attached hydrogen (secondary N) is 1. The van der Waals surface area contributed by atoms with Crippen LogP contribution < -0.4 is 15.8 Å². The predicted octanol–water partition coefficient (Wildman–Crippen LogP) is 3.40. The van der Waals surface area contributed by atoms with Crippen LogP contribution >= 0.6 is 0 Å². The molecule has 1 saturated heterocycles. The number of hydrogen-bond donors (Lipinski definition) is 2. The first kappa shape index (κ1) is 17.1. The van der Waals surface area contributed by atoms with Crippen LogP contribution in [0, 0.1) is 11.3 Å². The van der Waals surface area contributed by atoms with E-state index in [1.807, 2.05) is 38.1 Å². The fraction of sp³-hybridized carbons (Fsp3) is 0.632. The summed E-state index contributed by atoms with van der Waals surface area (Å²) in [5.74, 6) is 1.82. The van der Waals surface area contributed by atoms with E-state index in [9.17, 15) is 0 Å². The highest BCUT2D eigenvalue weighted by atomic mass is 16.5. The number of nitrogens with zero attached hydrogens (tertiary/aromatic N) is 1. The molecule has 3 unspecified atom stereocenters. The molecule has 0 spiro atoms. The van der Waals surface area contributed by atoms with Crippen molar-refractivity contribution in [1.29, 1.82) is 0 Å². The Kier molecular flexibility index (Phi) is 4.72. The number of benzene rings is 1. The summed E-state index contributed by atoms with van der Waals surface area (Å²) in [7, 11) is 0. The molecule has 1 aliphatic heterocycles. The highest BCUT2D eigenvalue weighted by Gasteiger charge is 2.58. The summed E-state index contributed by atoms with van der Waals surface area (Å²) in [5.41, 5.74) is 7.11. The van der Waals surface area contributed by atoms with Crippen molar-refractivity contribution >= 4 is 11.6 Å². The van der Waals surface area contributed by atoms with Crippen molar-refractivity contribution in [3.8, 4) is 5.75 Å². The van der Waals surface area contributed by atoms with Crippen LogP contribution in [-0.4, -0.2) is 30.8 Å². The minimum atomic E-state index is 0.0480. The molecule has 2 aliphatic rings. The van der Waals surface area contributed by atoms with Gasteiger partial charge in [-0.15, -0.1) is 0 Å². The van der Waals surface area contributed by atoms with Crippen LogP contribution in [0.15, 0.2) is 29.3 Å². The Hall–Kier alpha value is -1.75. The van der Waals surface area contributed by atoms with Crippen LogP contribution in [0.2, 0.25) is 0 Å². The highest BCUT2D eigenvalue weighted by molar-refractivity contribution is 5.92. The maximum Gasteiger partial charge on any atom is 0.193 e. The summed E-state index contributed by atoms with van der Waals surface area (Å²) in [4.78, 5) is 4.76. The lowest BCUT2D eigenvalue weighted by atomic mass is 9.55. The normalized spacial score (nSPS) is 28.9. The van der Waals surface area contributed by atoms with Crippen LogP contribution in [0.3, 0.4) is 0 Å². The highest BCUT2D eigenvalue weighted by Crippen LogP contribution is 2.53. The molecule has 24 heavy (non-hydrogen) atoms. The second kappa shape index (κ2) is 6.63. The first-order valence-electron chi connectivity index (χ1n) is 8.86. The number of rotatable bonds is 4. The van der Waals surface area contributed by atoms with Crippen LogP contribution in [0.4, 0.5) is 5.69 Å². The minimum absolute atomic E-state index is 0.0480. The summed E-state index contributed by atoms with van der Waals surface area (Å²) in [5, 5.41) is 3.19. The van der Waals surface area contributed by atoms with E-state index in [4.69, 9.17) is 20.2 Å². The van der Waals surface area contributed by atoms with Crippen LogP contribution in [0.25, 0.3) is 0 Å². The van der Waals surface area contributed by atoms with Crippen molar-refractivity contribution in [3.05, 3.63) is 24.3 Å². The molecule has 1 aromatic rings. The van der Waals surface area contributed by atoms with Crippen LogP contribution in [0.1, 0.15) is 40.5 Å². The van der Waals surface area contributed by atoms with E-state index in [1.165, 1.54) is 6.42 Å². The Labute approximate surface area is 144 Å².